The van der Waals surface area contributed by atoms with E-state index in [-0.39, 0.29) is 11.8 Å². The standard InChI is InChI=1S/C9H8F10OS/c1-4(20)21-3-2-6(11,12)7(13,14)5(10)8(15,16)9(17,18)19/h5H,2-3H2,1H3. The largest absolute Gasteiger partial charge is 0.456 e. The summed E-state index contributed by atoms with van der Waals surface area (Å²) in [6.07, 6.45) is -14.2. The van der Waals surface area contributed by atoms with Crippen LogP contribution in [0.15, 0.2) is 0 Å². The molecule has 0 N–H and O–H groups in total. The summed E-state index contributed by atoms with van der Waals surface area (Å²) in [6.45, 7) is 0.886. The summed E-state index contributed by atoms with van der Waals surface area (Å²) in [5.41, 5.74) is 0. The fourth-order valence-electron chi connectivity index (χ4n) is 1.05. The zero-order chi connectivity index (χ0) is 17.3. The van der Waals surface area contributed by atoms with Gasteiger partial charge in [-0.15, -0.1) is 0 Å². The topological polar surface area (TPSA) is 17.1 Å². The van der Waals surface area contributed by atoms with Crippen LogP contribution in [0.25, 0.3) is 0 Å². The molecular formula is C9H8F10OS. The lowest BCUT2D eigenvalue weighted by Crippen LogP contribution is -2.59. The van der Waals surface area contributed by atoms with Gasteiger partial charge in [-0.1, -0.05) is 11.8 Å². The van der Waals surface area contributed by atoms with Crippen LogP contribution in [0.1, 0.15) is 13.3 Å². The van der Waals surface area contributed by atoms with Crippen molar-refractivity contribution in [1.82, 2.24) is 0 Å². The highest BCUT2D eigenvalue weighted by atomic mass is 32.2. The summed E-state index contributed by atoms with van der Waals surface area (Å²) < 4.78 is 125. The third kappa shape index (κ3) is 4.39. The molecule has 0 rings (SSSR count). The van der Waals surface area contributed by atoms with Gasteiger partial charge in [0, 0.05) is 19.1 Å². The fraction of sp³-hybridized carbons (Fsp3) is 0.889. The Balaban J connectivity index is 5.21. The van der Waals surface area contributed by atoms with Crippen molar-refractivity contribution in [3.63, 3.8) is 0 Å². The van der Waals surface area contributed by atoms with E-state index >= 15 is 0 Å². The quantitative estimate of drug-likeness (QED) is 0.655. The Hall–Kier alpha value is -0.680. The van der Waals surface area contributed by atoms with Crippen molar-refractivity contribution >= 4 is 16.9 Å². The third-order valence-corrected chi connectivity index (χ3v) is 3.04. The Morgan fingerprint density at radius 2 is 1.38 bits per heavy atom. The molecule has 0 fully saturated rings. The molecule has 0 aliphatic heterocycles. The summed E-state index contributed by atoms with van der Waals surface area (Å²) in [5, 5.41) is -0.772. The molecule has 12 heteroatoms. The maximum atomic E-state index is 13.0. The second kappa shape index (κ2) is 6.21. The molecule has 0 spiro atoms. The highest BCUT2D eigenvalue weighted by Gasteiger charge is 2.75. The maximum Gasteiger partial charge on any atom is 0.456 e. The van der Waals surface area contributed by atoms with Crippen molar-refractivity contribution in [2.75, 3.05) is 5.75 Å². The summed E-state index contributed by atoms with van der Waals surface area (Å²) in [5.74, 6) is -19.4. The molecule has 0 aromatic carbocycles. The van der Waals surface area contributed by atoms with Crippen LogP contribution in [0.4, 0.5) is 43.9 Å². The summed E-state index contributed by atoms with van der Waals surface area (Å²) >= 11 is 0.115. The lowest BCUT2D eigenvalue weighted by molar-refractivity contribution is -0.351. The first-order valence-electron chi connectivity index (χ1n) is 5.05. The van der Waals surface area contributed by atoms with Gasteiger partial charge in [-0.3, -0.25) is 4.79 Å². The normalized spacial score (nSPS) is 16.0. The zero-order valence-electron chi connectivity index (χ0n) is 10.1. The van der Waals surface area contributed by atoms with Crippen molar-refractivity contribution in [2.45, 2.75) is 43.5 Å². The first kappa shape index (κ1) is 20.3. The third-order valence-electron chi connectivity index (χ3n) is 2.22. The predicted molar refractivity (Wildman–Crippen MR) is 53.5 cm³/mol. The van der Waals surface area contributed by atoms with Gasteiger partial charge >= 0.3 is 23.9 Å². The first-order valence-corrected chi connectivity index (χ1v) is 6.03. The first-order chi connectivity index (χ1) is 9.07. The number of carbonyl (C=O) groups is 1. The van der Waals surface area contributed by atoms with Crippen LogP contribution in [0.3, 0.4) is 0 Å². The van der Waals surface area contributed by atoms with Gasteiger partial charge in [-0.2, -0.15) is 39.5 Å². The van der Waals surface area contributed by atoms with Gasteiger partial charge in [0.15, 0.2) is 5.12 Å². The number of hydrogen-bond donors (Lipinski definition) is 0. The monoisotopic (exact) mass is 354 g/mol. The van der Waals surface area contributed by atoms with E-state index < -0.39 is 47.4 Å². The van der Waals surface area contributed by atoms with Crippen molar-refractivity contribution in [2.24, 2.45) is 0 Å². The summed E-state index contributed by atoms with van der Waals surface area (Å²) in [4.78, 5) is 10.4. The van der Waals surface area contributed by atoms with Crippen LogP contribution in [-0.4, -0.2) is 41.0 Å². The van der Waals surface area contributed by atoms with E-state index in [1.165, 1.54) is 0 Å². The second-order valence-electron chi connectivity index (χ2n) is 3.90. The Labute approximate surface area is 116 Å². The Morgan fingerprint density at radius 1 is 0.952 bits per heavy atom. The van der Waals surface area contributed by atoms with E-state index in [0.29, 0.717) is 0 Å². The van der Waals surface area contributed by atoms with Crippen molar-refractivity contribution in [3.8, 4) is 0 Å². The van der Waals surface area contributed by atoms with Crippen molar-refractivity contribution < 1.29 is 48.7 Å². The van der Waals surface area contributed by atoms with Crippen LogP contribution in [0, 0.1) is 0 Å². The predicted octanol–water partition coefficient (Wildman–Crippen LogP) is 4.46. The minimum absolute atomic E-state index is 0.115. The van der Waals surface area contributed by atoms with Crippen LogP contribution < -0.4 is 0 Å². The maximum absolute atomic E-state index is 13.0. The van der Waals surface area contributed by atoms with E-state index in [9.17, 15) is 48.7 Å². The molecule has 0 amide bonds. The Bertz CT molecular complexity index is 377. The number of hydrogen-bond acceptors (Lipinski definition) is 2. The second-order valence-corrected chi connectivity index (χ2v) is 5.17. The van der Waals surface area contributed by atoms with E-state index in [2.05, 4.69) is 0 Å². The lowest BCUT2D eigenvalue weighted by Gasteiger charge is -2.33. The molecule has 0 radical (unpaired) electrons. The van der Waals surface area contributed by atoms with Crippen molar-refractivity contribution in [1.29, 1.82) is 0 Å². The van der Waals surface area contributed by atoms with Crippen LogP contribution in [0.2, 0.25) is 0 Å². The molecule has 1 unspecified atom stereocenters. The van der Waals surface area contributed by atoms with Gasteiger partial charge < -0.3 is 0 Å². The molecule has 0 aromatic heterocycles. The van der Waals surface area contributed by atoms with Gasteiger partial charge in [0.1, 0.15) is 0 Å². The van der Waals surface area contributed by atoms with Gasteiger partial charge in [-0.25, -0.2) is 4.39 Å². The van der Waals surface area contributed by atoms with Crippen LogP contribution in [0.5, 0.6) is 0 Å². The SMILES string of the molecule is CC(=O)SCCC(F)(F)C(F)(F)C(F)C(F)(F)C(F)(F)F. The average molecular weight is 354 g/mol. The number of rotatable bonds is 6. The average Bonchev–Trinajstić information content (AvgIpc) is 2.25. The van der Waals surface area contributed by atoms with Crippen LogP contribution >= 0.6 is 11.8 Å². The summed E-state index contributed by atoms with van der Waals surface area (Å²) in [7, 11) is 0. The molecule has 0 saturated heterocycles. The van der Waals surface area contributed by atoms with E-state index in [1.807, 2.05) is 0 Å². The minimum Gasteiger partial charge on any atom is -0.288 e. The van der Waals surface area contributed by atoms with Crippen LogP contribution in [-0.2, 0) is 4.79 Å². The number of halogens is 10. The highest BCUT2D eigenvalue weighted by Crippen LogP contribution is 2.50. The van der Waals surface area contributed by atoms with Gasteiger partial charge in [0.05, 0.1) is 0 Å². The van der Waals surface area contributed by atoms with E-state index in [0.717, 1.165) is 6.92 Å². The molecule has 0 aliphatic carbocycles. The highest BCUT2D eigenvalue weighted by molar-refractivity contribution is 8.13. The molecule has 0 bridgehead atoms. The van der Waals surface area contributed by atoms with E-state index in [4.69, 9.17) is 0 Å². The molecular weight excluding hydrogens is 346 g/mol. The zero-order valence-corrected chi connectivity index (χ0v) is 10.9. The van der Waals surface area contributed by atoms with E-state index in [1.54, 1.807) is 0 Å². The lowest BCUT2D eigenvalue weighted by atomic mass is 9.99. The van der Waals surface area contributed by atoms with Gasteiger partial charge in [0.2, 0.25) is 6.17 Å². The molecule has 126 valence electrons. The smallest absolute Gasteiger partial charge is 0.288 e. The van der Waals surface area contributed by atoms with Crippen molar-refractivity contribution in [3.05, 3.63) is 0 Å². The van der Waals surface area contributed by atoms with Gasteiger partial charge in [-0.05, 0) is 0 Å². The molecule has 0 heterocycles. The molecule has 0 aromatic rings. The number of carbonyl (C=O) groups excluding carboxylic acids is 1. The summed E-state index contributed by atoms with van der Waals surface area (Å²) in [6, 6.07) is 0. The Morgan fingerprint density at radius 3 is 1.71 bits per heavy atom. The molecule has 0 saturated carbocycles. The minimum atomic E-state index is -6.75. The molecule has 1 atom stereocenters. The Kier molecular flexibility index (Phi) is 6.01. The number of alkyl halides is 10. The van der Waals surface area contributed by atoms with Gasteiger partial charge in [0.25, 0.3) is 0 Å². The molecule has 0 aliphatic rings. The molecule has 21 heavy (non-hydrogen) atoms. The number of thioether (sulfide) groups is 1. The molecule has 1 nitrogen and oxygen atoms in total. The fourth-order valence-corrected chi connectivity index (χ4v) is 1.69.